The van der Waals surface area contributed by atoms with E-state index in [1.807, 2.05) is 30.3 Å². The highest BCUT2D eigenvalue weighted by atomic mass is 16.6. The molecule has 1 aromatic carbocycles. The van der Waals surface area contributed by atoms with E-state index in [9.17, 15) is 4.79 Å². The number of ether oxygens (including phenoxy) is 2. The smallest absolute Gasteiger partial charge is 0.298 e. The zero-order valence-corrected chi connectivity index (χ0v) is 18.8. The van der Waals surface area contributed by atoms with Gasteiger partial charge in [0.1, 0.15) is 13.2 Å². The minimum atomic E-state index is -0.160. The Labute approximate surface area is 195 Å². The van der Waals surface area contributed by atoms with Crippen LogP contribution in [0, 0.1) is 0 Å². The van der Waals surface area contributed by atoms with Crippen LogP contribution in [-0.2, 0) is 13.1 Å². The Hall–Kier alpha value is -3.57. The van der Waals surface area contributed by atoms with Crippen molar-refractivity contribution in [2.75, 3.05) is 32.8 Å². The van der Waals surface area contributed by atoms with Crippen LogP contribution in [0.25, 0.3) is 16.7 Å². The maximum absolute atomic E-state index is 13.0. The Bertz CT molecular complexity index is 1380. The second kappa shape index (κ2) is 8.99. The SMILES string of the molecule is O=c1c2nnnn2c2ccccc2n1CCN1CCC(NCc2cc3c(cn2)OCCO3)CC1. The second-order valence-electron chi connectivity index (χ2n) is 8.68. The van der Waals surface area contributed by atoms with Crippen LogP contribution >= 0.6 is 0 Å². The van der Waals surface area contributed by atoms with Crippen molar-refractivity contribution < 1.29 is 9.47 Å². The van der Waals surface area contributed by atoms with E-state index in [1.54, 1.807) is 10.8 Å². The van der Waals surface area contributed by atoms with Crippen molar-refractivity contribution in [3.8, 4) is 11.5 Å². The minimum Gasteiger partial charge on any atom is -0.486 e. The van der Waals surface area contributed by atoms with Crippen LogP contribution in [0.2, 0.25) is 0 Å². The summed E-state index contributed by atoms with van der Waals surface area (Å²) in [5.74, 6) is 1.49. The molecule has 6 rings (SSSR count). The normalized spacial score (nSPS) is 16.9. The fraction of sp³-hybridized carbons (Fsp3) is 0.435. The van der Waals surface area contributed by atoms with Gasteiger partial charge in [-0.2, -0.15) is 4.52 Å². The van der Waals surface area contributed by atoms with E-state index in [0.717, 1.165) is 60.7 Å². The van der Waals surface area contributed by atoms with Crippen molar-refractivity contribution in [2.45, 2.75) is 32.0 Å². The number of hydrogen-bond donors (Lipinski definition) is 1. The van der Waals surface area contributed by atoms with E-state index in [-0.39, 0.29) is 11.2 Å². The Morgan fingerprint density at radius 2 is 1.82 bits per heavy atom. The van der Waals surface area contributed by atoms with Crippen molar-refractivity contribution in [2.24, 2.45) is 0 Å². The summed E-state index contributed by atoms with van der Waals surface area (Å²) in [7, 11) is 0. The molecule has 34 heavy (non-hydrogen) atoms. The minimum absolute atomic E-state index is 0.160. The average molecular weight is 463 g/mol. The van der Waals surface area contributed by atoms with Gasteiger partial charge in [-0.3, -0.25) is 9.78 Å². The first-order valence-corrected chi connectivity index (χ1v) is 11.7. The lowest BCUT2D eigenvalue weighted by molar-refractivity contribution is 0.170. The largest absolute Gasteiger partial charge is 0.486 e. The summed E-state index contributed by atoms with van der Waals surface area (Å²) in [6.45, 7) is 5.21. The van der Waals surface area contributed by atoms with Gasteiger partial charge in [0.15, 0.2) is 11.5 Å². The number of tetrazole rings is 1. The molecule has 0 saturated carbocycles. The number of rotatable bonds is 6. The van der Waals surface area contributed by atoms with E-state index < -0.39 is 0 Å². The zero-order chi connectivity index (χ0) is 22.9. The lowest BCUT2D eigenvalue weighted by Gasteiger charge is -2.32. The first kappa shape index (κ1) is 21.0. The molecule has 0 bridgehead atoms. The van der Waals surface area contributed by atoms with Crippen LogP contribution in [-0.4, -0.2) is 73.4 Å². The summed E-state index contributed by atoms with van der Waals surface area (Å²) >= 11 is 0. The van der Waals surface area contributed by atoms with Gasteiger partial charge < -0.3 is 24.3 Å². The van der Waals surface area contributed by atoms with Gasteiger partial charge in [0.05, 0.1) is 22.9 Å². The van der Waals surface area contributed by atoms with Crippen molar-refractivity contribution in [1.29, 1.82) is 0 Å². The summed E-state index contributed by atoms with van der Waals surface area (Å²) in [5.41, 5.74) is 2.73. The molecule has 0 aliphatic carbocycles. The van der Waals surface area contributed by atoms with E-state index in [0.29, 0.717) is 32.3 Å². The third-order valence-corrected chi connectivity index (χ3v) is 6.59. The van der Waals surface area contributed by atoms with Crippen molar-refractivity contribution in [3.05, 3.63) is 52.6 Å². The van der Waals surface area contributed by atoms with Gasteiger partial charge in [-0.25, -0.2) is 0 Å². The molecule has 2 aliphatic rings. The first-order chi connectivity index (χ1) is 16.8. The molecule has 0 atom stereocenters. The molecule has 2 aliphatic heterocycles. The molecule has 0 amide bonds. The first-order valence-electron chi connectivity index (χ1n) is 11.7. The number of pyridine rings is 1. The number of piperidine rings is 1. The summed E-state index contributed by atoms with van der Waals surface area (Å²) < 4.78 is 14.5. The van der Waals surface area contributed by atoms with Crippen LogP contribution in [0.5, 0.6) is 11.5 Å². The molecule has 1 saturated heterocycles. The Morgan fingerprint density at radius 1 is 1.03 bits per heavy atom. The molecule has 0 unspecified atom stereocenters. The van der Waals surface area contributed by atoms with Gasteiger partial charge in [0, 0.05) is 31.7 Å². The summed E-state index contributed by atoms with van der Waals surface area (Å²) in [5, 5.41) is 15.2. The van der Waals surface area contributed by atoms with E-state index in [2.05, 4.69) is 30.7 Å². The monoisotopic (exact) mass is 462 g/mol. The number of benzene rings is 1. The molecule has 3 aromatic heterocycles. The number of likely N-dealkylation sites (tertiary alicyclic amines) is 1. The third-order valence-electron chi connectivity index (χ3n) is 6.59. The van der Waals surface area contributed by atoms with Crippen LogP contribution in [0.3, 0.4) is 0 Å². The van der Waals surface area contributed by atoms with Crippen molar-refractivity contribution >= 4 is 16.7 Å². The van der Waals surface area contributed by atoms with Crippen LogP contribution < -0.4 is 20.3 Å². The maximum atomic E-state index is 13.0. The predicted molar refractivity (Wildman–Crippen MR) is 124 cm³/mol. The van der Waals surface area contributed by atoms with E-state index in [4.69, 9.17) is 9.47 Å². The standard InChI is InChI=1S/C23H26N8O3/c32-23-22-26-27-28-31(22)19-4-2-1-3-18(19)30(23)10-9-29-7-5-16(6-8-29)24-14-17-13-20-21(15-25-17)34-12-11-33-20/h1-4,13,15-16,24H,5-12,14H2. The molecule has 4 aromatic rings. The van der Waals surface area contributed by atoms with E-state index in [1.165, 1.54) is 4.52 Å². The zero-order valence-electron chi connectivity index (χ0n) is 18.8. The van der Waals surface area contributed by atoms with Gasteiger partial charge in [0.2, 0.25) is 5.65 Å². The van der Waals surface area contributed by atoms with Crippen LogP contribution in [0.1, 0.15) is 18.5 Å². The van der Waals surface area contributed by atoms with Gasteiger partial charge in [0.25, 0.3) is 5.56 Å². The van der Waals surface area contributed by atoms with Crippen molar-refractivity contribution in [3.63, 3.8) is 0 Å². The van der Waals surface area contributed by atoms with Gasteiger partial charge >= 0.3 is 0 Å². The van der Waals surface area contributed by atoms with Crippen molar-refractivity contribution in [1.82, 2.24) is 39.8 Å². The Kier molecular flexibility index (Phi) is 5.55. The third kappa shape index (κ3) is 3.97. The fourth-order valence-corrected chi connectivity index (χ4v) is 4.74. The van der Waals surface area contributed by atoms with Gasteiger partial charge in [-0.1, -0.05) is 12.1 Å². The molecule has 5 heterocycles. The molecular weight excluding hydrogens is 436 g/mol. The lowest BCUT2D eigenvalue weighted by atomic mass is 10.0. The summed E-state index contributed by atoms with van der Waals surface area (Å²) in [6.07, 6.45) is 3.84. The topological polar surface area (TPSA) is 112 Å². The molecule has 11 nitrogen and oxygen atoms in total. The van der Waals surface area contributed by atoms with Gasteiger partial charge in [-0.15, -0.1) is 5.10 Å². The molecular formula is C23H26N8O3. The molecule has 11 heteroatoms. The average Bonchev–Trinajstić information content (AvgIpc) is 3.39. The number of aromatic nitrogens is 6. The van der Waals surface area contributed by atoms with Crippen LogP contribution in [0.4, 0.5) is 0 Å². The summed E-state index contributed by atoms with van der Waals surface area (Å²) in [4.78, 5) is 19.9. The Morgan fingerprint density at radius 3 is 2.68 bits per heavy atom. The number of para-hydroxylation sites is 2. The summed E-state index contributed by atoms with van der Waals surface area (Å²) in [6, 6.07) is 10.1. The number of fused-ring (bicyclic) bond motifs is 4. The molecule has 0 spiro atoms. The predicted octanol–water partition coefficient (Wildman–Crippen LogP) is 0.860. The number of hydrogen-bond acceptors (Lipinski definition) is 9. The molecule has 0 radical (unpaired) electrons. The molecule has 1 N–H and O–H groups in total. The molecule has 176 valence electrons. The van der Waals surface area contributed by atoms with Gasteiger partial charge in [-0.05, 0) is 48.5 Å². The van der Waals surface area contributed by atoms with Crippen LogP contribution in [0.15, 0.2) is 41.3 Å². The van der Waals surface area contributed by atoms with E-state index >= 15 is 0 Å². The number of nitrogens with one attached hydrogen (secondary N) is 1. The highest BCUT2D eigenvalue weighted by Crippen LogP contribution is 2.29. The lowest BCUT2D eigenvalue weighted by Crippen LogP contribution is -2.43. The number of nitrogens with zero attached hydrogens (tertiary/aromatic N) is 7. The second-order valence-corrected chi connectivity index (χ2v) is 8.68. The highest BCUT2D eigenvalue weighted by Gasteiger charge is 2.20. The highest BCUT2D eigenvalue weighted by molar-refractivity contribution is 5.77. The fourth-order valence-electron chi connectivity index (χ4n) is 4.74. The quantitative estimate of drug-likeness (QED) is 0.446. The Balaban J connectivity index is 1.06. The molecule has 1 fully saturated rings. The maximum Gasteiger partial charge on any atom is 0.298 e.